The van der Waals surface area contributed by atoms with Crippen molar-refractivity contribution in [2.24, 2.45) is 5.92 Å². The van der Waals surface area contributed by atoms with Crippen molar-refractivity contribution in [3.05, 3.63) is 53.6 Å². The Labute approximate surface area is 192 Å². The number of hydrogen-bond acceptors (Lipinski definition) is 5. The number of nitrogens with zero attached hydrogens (tertiary/aromatic N) is 2. The highest BCUT2D eigenvalue weighted by molar-refractivity contribution is 5.78. The number of carbonyl (C=O) groups excluding carboxylic acids is 1. The van der Waals surface area contributed by atoms with E-state index in [1.807, 2.05) is 20.2 Å². The van der Waals surface area contributed by atoms with Gasteiger partial charge in [-0.2, -0.15) is 0 Å². The second kappa shape index (κ2) is 11.8. The summed E-state index contributed by atoms with van der Waals surface area (Å²) in [5, 5.41) is 3.06. The lowest BCUT2D eigenvalue weighted by molar-refractivity contribution is -0.122. The topological polar surface area (TPSA) is 54.0 Å². The molecule has 0 bridgehead atoms. The van der Waals surface area contributed by atoms with E-state index >= 15 is 0 Å². The summed E-state index contributed by atoms with van der Waals surface area (Å²) >= 11 is 0. The third-order valence-corrected chi connectivity index (χ3v) is 6.27. The fourth-order valence-electron chi connectivity index (χ4n) is 4.19. The van der Waals surface area contributed by atoms with Crippen LogP contribution in [0, 0.1) is 5.92 Å². The molecule has 6 heteroatoms. The fourth-order valence-corrected chi connectivity index (χ4v) is 4.19. The highest BCUT2D eigenvalue weighted by Gasteiger charge is 2.21. The second-order valence-corrected chi connectivity index (χ2v) is 8.82. The van der Waals surface area contributed by atoms with Crippen LogP contribution in [-0.4, -0.2) is 58.8 Å². The molecule has 0 unspecified atom stereocenters. The van der Waals surface area contributed by atoms with E-state index in [4.69, 9.17) is 9.47 Å². The van der Waals surface area contributed by atoms with E-state index in [2.05, 4.69) is 51.5 Å². The van der Waals surface area contributed by atoms with Gasteiger partial charge in [0.05, 0.1) is 20.8 Å². The number of piperidine rings is 1. The van der Waals surface area contributed by atoms with Crippen LogP contribution >= 0.6 is 0 Å². The number of likely N-dealkylation sites (tertiary alicyclic amines) is 1. The highest BCUT2D eigenvalue weighted by atomic mass is 16.5. The van der Waals surface area contributed by atoms with E-state index in [0.29, 0.717) is 19.0 Å². The number of benzene rings is 2. The Morgan fingerprint density at radius 1 is 1.00 bits per heavy atom. The van der Waals surface area contributed by atoms with Gasteiger partial charge in [-0.15, -0.1) is 0 Å². The summed E-state index contributed by atoms with van der Waals surface area (Å²) in [7, 11) is 7.42. The van der Waals surface area contributed by atoms with Gasteiger partial charge in [0.25, 0.3) is 0 Å². The van der Waals surface area contributed by atoms with Gasteiger partial charge in [0.1, 0.15) is 11.5 Å². The van der Waals surface area contributed by atoms with Crippen LogP contribution in [0.2, 0.25) is 0 Å². The molecule has 2 aromatic carbocycles. The number of amides is 1. The van der Waals surface area contributed by atoms with Gasteiger partial charge in [0.2, 0.25) is 5.91 Å². The van der Waals surface area contributed by atoms with Crippen molar-refractivity contribution in [1.82, 2.24) is 10.2 Å². The Hall–Kier alpha value is -2.73. The molecule has 1 amide bonds. The zero-order chi connectivity index (χ0) is 22.9. The first-order valence-electron chi connectivity index (χ1n) is 11.4. The number of ether oxygens (including phenoxy) is 2. The quantitative estimate of drug-likeness (QED) is 0.611. The molecule has 32 heavy (non-hydrogen) atoms. The Morgan fingerprint density at radius 2 is 1.62 bits per heavy atom. The average Bonchev–Trinajstić information content (AvgIpc) is 2.82. The van der Waals surface area contributed by atoms with Crippen molar-refractivity contribution in [3.63, 3.8) is 0 Å². The van der Waals surface area contributed by atoms with Gasteiger partial charge in [0.15, 0.2) is 0 Å². The SMILES string of the molecule is COc1cc(CCC2CCN(CC(=O)NCc3ccc(N(C)C)cc3)CC2)cc(OC)c1. The van der Waals surface area contributed by atoms with Crippen LogP contribution in [0.25, 0.3) is 0 Å². The fraction of sp³-hybridized carbons (Fsp3) is 0.500. The Kier molecular flexibility index (Phi) is 8.80. The molecule has 0 aliphatic carbocycles. The lowest BCUT2D eigenvalue weighted by atomic mass is 9.90. The Morgan fingerprint density at radius 3 is 2.19 bits per heavy atom. The molecular weight excluding hydrogens is 402 g/mol. The zero-order valence-electron chi connectivity index (χ0n) is 19.9. The van der Waals surface area contributed by atoms with Gasteiger partial charge >= 0.3 is 0 Å². The number of nitrogens with one attached hydrogen (secondary N) is 1. The molecule has 2 aromatic rings. The summed E-state index contributed by atoms with van der Waals surface area (Å²) in [4.78, 5) is 16.7. The molecule has 3 rings (SSSR count). The zero-order valence-corrected chi connectivity index (χ0v) is 19.9. The van der Waals surface area contributed by atoms with E-state index in [-0.39, 0.29) is 5.91 Å². The number of hydrogen-bond donors (Lipinski definition) is 1. The minimum atomic E-state index is 0.101. The molecule has 1 aliphatic rings. The van der Waals surface area contributed by atoms with Crippen LogP contribution in [0.4, 0.5) is 5.69 Å². The number of carbonyl (C=O) groups is 1. The van der Waals surface area contributed by atoms with Crippen LogP contribution in [0.15, 0.2) is 42.5 Å². The second-order valence-electron chi connectivity index (χ2n) is 8.82. The van der Waals surface area contributed by atoms with E-state index in [1.54, 1.807) is 14.2 Å². The molecule has 0 spiro atoms. The molecule has 1 N–H and O–H groups in total. The summed E-state index contributed by atoms with van der Waals surface area (Å²) in [5.41, 5.74) is 3.53. The first-order valence-corrected chi connectivity index (χ1v) is 11.4. The average molecular weight is 440 g/mol. The van der Waals surface area contributed by atoms with E-state index in [0.717, 1.165) is 61.5 Å². The van der Waals surface area contributed by atoms with Crippen LogP contribution in [0.3, 0.4) is 0 Å². The van der Waals surface area contributed by atoms with E-state index < -0.39 is 0 Å². The Bertz CT molecular complexity index is 837. The van der Waals surface area contributed by atoms with Gasteiger partial charge in [-0.3, -0.25) is 9.69 Å². The first kappa shape index (κ1) is 23.9. The summed E-state index contributed by atoms with van der Waals surface area (Å²) in [6, 6.07) is 14.4. The molecule has 1 fully saturated rings. The third-order valence-electron chi connectivity index (χ3n) is 6.27. The van der Waals surface area contributed by atoms with Gasteiger partial charge in [-0.1, -0.05) is 12.1 Å². The van der Waals surface area contributed by atoms with Crippen LogP contribution < -0.4 is 19.7 Å². The molecule has 0 radical (unpaired) electrons. The van der Waals surface area contributed by atoms with Crippen molar-refractivity contribution in [2.45, 2.75) is 32.2 Å². The molecule has 1 aliphatic heterocycles. The van der Waals surface area contributed by atoms with Gasteiger partial charge < -0.3 is 19.7 Å². The van der Waals surface area contributed by atoms with E-state index in [9.17, 15) is 4.79 Å². The largest absolute Gasteiger partial charge is 0.497 e. The number of aryl methyl sites for hydroxylation is 1. The molecule has 6 nitrogen and oxygen atoms in total. The summed E-state index contributed by atoms with van der Waals surface area (Å²) in [5.74, 6) is 2.48. The standard InChI is InChI=1S/C26H37N3O3/c1-28(2)23-9-7-21(8-10-23)18-27-26(30)19-29-13-11-20(12-14-29)5-6-22-15-24(31-3)17-25(16-22)32-4/h7-10,15-17,20H,5-6,11-14,18-19H2,1-4H3,(H,27,30). The number of methoxy groups -OCH3 is 2. The lowest BCUT2D eigenvalue weighted by Gasteiger charge is -2.31. The molecule has 0 aromatic heterocycles. The monoisotopic (exact) mass is 439 g/mol. The maximum Gasteiger partial charge on any atom is 0.234 e. The maximum atomic E-state index is 12.4. The smallest absolute Gasteiger partial charge is 0.234 e. The van der Waals surface area contributed by atoms with Gasteiger partial charge in [0, 0.05) is 32.4 Å². The normalized spacial score (nSPS) is 14.8. The summed E-state index contributed by atoms with van der Waals surface area (Å²) in [6.07, 6.45) is 4.45. The van der Waals surface area contributed by atoms with Crippen LogP contribution in [0.1, 0.15) is 30.4 Å². The summed E-state index contributed by atoms with van der Waals surface area (Å²) < 4.78 is 10.8. The third kappa shape index (κ3) is 7.16. The van der Waals surface area contributed by atoms with Crippen LogP contribution in [-0.2, 0) is 17.8 Å². The predicted molar refractivity (Wildman–Crippen MR) is 130 cm³/mol. The van der Waals surface area contributed by atoms with Crippen molar-refractivity contribution >= 4 is 11.6 Å². The predicted octanol–water partition coefficient (Wildman–Crippen LogP) is 3.73. The number of rotatable bonds is 10. The molecule has 1 heterocycles. The van der Waals surface area contributed by atoms with Gasteiger partial charge in [-0.05, 0) is 80.1 Å². The van der Waals surface area contributed by atoms with Crippen molar-refractivity contribution in [3.8, 4) is 11.5 Å². The molecular formula is C26H37N3O3. The minimum Gasteiger partial charge on any atom is -0.497 e. The van der Waals surface area contributed by atoms with Crippen molar-refractivity contribution < 1.29 is 14.3 Å². The molecule has 174 valence electrons. The first-order chi connectivity index (χ1) is 15.5. The highest BCUT2D eigenvalue weighted by Crippen LogP contribution is 2.26. The number of anilines is 1. The van der Waals surface area contributed by atoms with Crippen molar-refractivity contribution in [2.75, 3.05) is 52.8 Å². The molecule has 0 atom stereocenters. The Balaban J connectivity index is 1.37. The lowest BCUT2D eigenvalue weighted by Crippen LogP contribution is -2.41. The summed E-state index contributed by atoms with van der Waals surface area (Å²) in [6.45, 7) is 3.02. The van der Waals surface area contributed by atoms with E-state index in [1.165, 1.54) is 5.56 Å². The van der Waals surface area contributed by atoms with Crippen LogP contribution in [0.5, 0.6) is 11.5 Å². The van der Waals surface area contributed by atoms with Crippen molar-refractivity contribution in [1.29, 1.82) is 0 Å². The maximum absolute atomic E-state index is 12.4. The molecule has 1 saturated heterocycles. The molecule has 0 saturated carbocycles. The minimum absolute atomic E-state index is 0.101. The van der Waals surface area contributed by atoms with Gasteiger partial charge in [-0.25, -0.2) is 0 Å².